The lowest BCUT2D eigenvalue weighted by molar-refractivity contribution is -0.388. The molecule has 2 aromatic heterocycles. The summed E-state index contributed by atoms with van der Waals surface area (Å²) in [5.41, 5.74) is 0.275. The van der Waals surface area contributed by atoms with E-state index in [2.05, 4.69) is 30.8 Å². The van der Waals surface area contributed by atoms with Crippen LogP contribution in [0.1, 0.15) is 60.3 Å². The first kappa shape index (κ1) is 38.8. The summed E-state index contributed by atoms with van der Waals surface area (Å²) in [6.07, 6.45) is 8.83. The highest BCUT2D eigenvalue weighted by atomic mass is 32.2. The Hall–Kier alpha value is -5.93. The van der Waals surface area contributed by atoms with Crippen molar-refractivity contribution in [3.05, 3.63) is 91.6 Å². The SMILES string of the molecule is COCn1nnc(C2CCCN(C(=O)/C=C/c3ccc(Sc4ccc(/C=C/C(=O)N5CCCC(c6nnn(COC)n6)C5)cc4[N+](=O)[O-])c([N+](=O)[O-])c3)C2)n1. The second kappa shape index (κ2) is 17.9. The molecule has 20 nitrogen and oxygen atoms in total. The van der Waals surface area contributed by atoms with Crippen LogP contribution in [0, 0.1) is 20.2 Å². The van der Waals surface area contributed by atoms with Crippen molar-refractivity contribution in [3.8, 4) is 0 Å². The summed E-state index contributed by atoms with van der Waals surface area (Å²) in [5, 5.41) is 49.0. The van der Waals surface area contributed by atoms with Gasteiger partial charge in [0.25, 0.3) is 11.4 Å². The van der Waals surface area contributed by atoms with E-state index in [1.54, 1.807) is 21.9 Å². The first-order chi connectivity index (χ1) is 26.6. The third-order valence-corrected chi connectivity index (χ3v) is 10.2. The van der Waals surface area contributed by atoms with Gasteiger partial charge in [-0.25, -0.2) is 0 Å². The molecular formula is C34H38N12O8S. The fraction of sp³-hybridized carbons (Fsp3) is 0.412. The van der Waals surface area contributed by atoms with E-state index in [-0.39, 0.29) is 58.3 Å². The summed E-state index contributed by atoms with van der Waals surface area (Å²) in [6, 6.07) is 8.84. The minimum atomic E-state index is -0.571. The van der Waals surface area contributed by atoms with E-state index in [0.717, 1.165) is 37.4 Å². The number of rotatable bonds is 14. The highest BCUT2D eigenvalue weighted by Gasteiger charge is 2.29. The molecule has 2 saturated heterocycles. The van der Waals surface area contributed by atoms with Gasteiger partial charge in [0.2, 0.25) is 11.8 Å². The molecular weight excluding hydrogens is 737 g/mol. The molecule has 6 rings (SSSR count). The number of nitro benzene ring substituents is 2. The Bertz CT molecular complexity index is 1960. The molecule has 2 fully saturated rings. The number of ether oxygens (including phenoxy) is 2. The number of hydrogen-bond donors (Lipinski definition) is 0. The van der Waals surface area contributed by atoms with Gasteiger partial charge in [-0.05, 0) is 71.5 Å². The summed E-state index contributed by atoms with van der Waals surface area (Å²) in [6.45, 7) is 2.23. The molecule has 288 valence electrons. The summed E-state index contributed by atoms with van der Waals surface area (Å²) in [5.74, 6) is 0.376. The minimum absolute atomic E-state index is 0.0842. The molecule has 4 heterocycles. The molecule has 2 aromatic carbocycles. The van der Waals surface area contributed by atoms with Crippen LogP contribution < -0.4 is 0 Å². The van der Waals surface area contributed by atoms with E-state index in [4.69, 9.17) is 9.47 Å². The quantitative estimate of drug-likeness (QED) is 0.101. The first-order valence-electron chi connectivity index (χ1n) is 17.3. The second-order valence-corrected chi connectivity index (χ2v) is 13.9. The van der Waals surface area contributed by atoms with Crippen LogP contribution in [0.4, 0.5) is 11.4 Å². The standard InChI is InChI=1S/C34H38N12O8S/c1-53-21-43-37-33(35-39-43)25-5-3-15-41(19-25)31(47)13-9-23-7-11-29(27(17-23)45(49)50)55-30-12-8-24(18-28(30)46(51)52)10-14-32(48)42-16-4-6-26(20-42)34-36-40-44(38-34)22-54-2/h7-14,17-18,25-26H,3-6,15-16,19-22H2,1-2H3/b13-9+,14-10+. The van der Waals surface area contributed by atoms with Gasteiger partial charge >= 0.3 is 0 Å². The fourth-order valence-corrected chi connectivity index (χ4v) is 7.34. The summed E-state index contributed by atoms with van der Waals surface area (Å²) < 4.78 is 10.0. The fourth-order valence-electron chi connectivity index (χ4n) is 6.35. The lowest BCUT2D eigenvalue weighted by Gasteiger charge is -2.30. The highest BCUT2D eigenvalue weighted by molar-refractivity contribution is 7.99. The Morgan fingerprint density at radius 2 is 1.20 bits per heavy atom. The molecule has 4 aromatic rings. The van der Waals surface area contributed by atoms with Crippen molar-refractivity contribution in [1.29, 1.82) is 0 Å². The van der Waals surface area contributed by atoms with E-state index in [1.165, 1.54) is 72.4 Å². The van der Waals surface area contributed by atoms with Gasteiger partial charge in [-0.1, -0.05) is 23.9 Å². The zero-order valence-corrected chi connectivity index (χ0v) is 30.9. The normalized spacial score (nSPS) is 17.6. The Morgan fingerprint density at radius 3 is 1.60 bits per heavy atom. The lowest BCUT2D eigenvalue weighted by Crippen LogP contribution is -2.38. The number of methoxy groups -OCH3 is 2. The number of piperidine rings is 2. The topological polar surface area (TPSA) is 233 Å². The van der Waals surface area contributed by atoms with Crippen molar-refractivity contribution in [1.82, 2.24) is 50.2 Å². The van der Waals surface area contributed by atoms with Gasteiger partial charge in [0.1, 0.15) is 0 Å². The molecule has 2 atom stereocenters. The molecule has 55 heavy (non-hydrogen) atoms. The number of amides is 2. The van der Waals surface area contributed by atoms with E-state index in [0.29, 0.717) is 49.0 Å². The molecule has 0 spiro atoms. The van der Waals surface area contributed by atoms with Gasteiger partial charge in [-0.2, -0.15) is 0 Å². The van der Waals surface area contributed by atoms with Crippen LogP contribution in [0.3, 0.4) is 0 Å². The van der Waals surface area contributed by atoms with Gasteiger partial charge in [-0.3, -0.25) is 29.8 Å². The molecule has 2 aliphatic rings. The van der Waals surface area contributed by atoms with Crippen LogP contribution in [0.25, 0.3) is 12.2 Å². The number of nitro groups is 2. The van der Waals surface area contributed by atoms with Gasteiger partial charge in [-0.15, -0.1) is 30.0 Å². The van der Waals surface area contributed by atoms with Gasteiger partial charge < -0.3 is 19.3 Å². The van der Waals surface area contributed by atoms with E-state index < -0.39 is 9.85 Å². The van der Waals surface area contributed by atoms with E-state index >= 15 is 0 Å². The maximum atomic E-state index is 13.1. The van der Waals surface area contributed by atoms with Crippen LogP contribution in [0.15, 0.2) is 58.3 Å². The van der Waals surface area contributed by atoms with Crippen LogP contribution in [-0.2, 0) is 32.5 Å². The Kier molecular flexibility index (Phi) is 12.6. The molecule has 0 aliphatic carbocycles. The average molecular weight is 775 g/mol. The largest absolute Gasteiger partial charge is 0.361 e. The lowest BCUT2D eigenvalue weighted by atomic mass is 9.97. The van der Waals surface area contributed by atoms with Crippen molar-refractivity contribution in [2.45, 2.75) is 60.8 Å². The maximum absolute atomic E-state index is 13.1. The molecule has 2 amide bonds. The third-order valence-electron chi connectivity index (χ3n) is 9.04. The molecule has 0 N–H and O–H groups in total. The number of nitrogens with zero attached hydrogens (tertiary/aromatic N) is 12. The number of aromatic nitrogens is 8. The summed E-state index contributed by atoms with van der Waals surface area (Å²) in [4.78, 5) is 55.6. The smallest absolute Gasteiger partial charge is 0.283 e. The summed E-state index contributed by atoms with van der Waals surface area (Å²) >= 11 is 0.880. The monoisotopic (exact) mass is 774 g/mol. The number of benzene rings is 2. The number of hydrogen-bond acceptors (Lipinski definition) is 15. The number of carbonyl (C=O) groups is 2. The van der Waals surface area contributed by atoms with Crippen molar-refractivity contribution in [2.75, 3.05) is 40.4 Å². The van der Waals surface area contributed by atoms with Crippen molar-refractivity contribution in [2.24, 2.45) is 0 Å². The number of tetrazole rings is 2. The van der Waals surface area contributed by atoms with Crippen molar-refractivity contribution >= 4 is 47.1 Å². The van der Waals surface area contributed by atoms with Crippen LogP contribution in [0.2, 0.25) is 0 Å². The molecule has 21 heteroatoms. The molecule has 2 unspecified atom stereocenters. The Morgan fingerprint density at radius 1 is 0.764 bits per heavy atom. The Labute approximate surface area is 318 Å². The van der Waals surface area contributed by atoms with Crippen LogP contribution in [-0.4, -0.2) is 112 Å². The molecule has 0 saturated carbocycles. The van der Waals surface area contributed by atoms with Crippen molar-refractivity contribution in [3.63, 3.8) is 0 Å². The third kappa shape index (κ3) is 9.79. The summed E-state index contributed by atoms with van der Waals surface area (Å²) in [7, 11) is 3.06. The maximum Gasteiger partial charge on any atom is 0.283 e. The van der Waals surface area contributed by atoms with Crippen molar-refractivity contribution < 1.29 is 28.9 Å². The number of likely N-dealkylation sites (tertiary alicyclic amines) is 2. The number of carbonyl (C=O) groups excluding carboxylic acids is 2. The van der Waals surface area contributed by atoms with Crippen LogP contribution in [0.5, 0.6) is 0 Å². The van der Waals surface area contributed by atoms with Gasteiger partial charge in [0, 0.05) is 76.5 Å². The van der Waals surface area contributed by atoms with Gasteiger partial charge in [0.05, 0.1) is 19.6 Å². The second-order valence-electron chi connectivity index (χ2n) is 12.9. The molecule has 0 bridgehead atoms. The average Bonchev–Trinajstić information content (AvgIpc) is 3.87. The predicted octanol–water partition coefficient (Wildman–Crippen LogP) is 3.67. The molecule has 0 radical (unpaired) electrons. The first-order valence-corrected chi connectivity index (χ1v) is 18.2. The highest BCUT2D eigenvalue weighted by Crippen LogP contribution is 2.40. The zero-order chi connectivity index (χ0) is 38.9. The molecule has 2 aliphatic heterocycles. The van der Waals surface area contributed by atoms with Gasteiger partial charge in [0.15, 0.2) is 25.1 Å². The zero-order valence-electron chi connectivity index (χ0n) is 30.0. The minimum Gasteiger partial charge on any atom is -0.361 e. The van der Waals surface area contributed by atoms with Crippen LogP contribution >= 0.6 is 11.8 Å². The Balaban J connectivity index is 1.10. The van der Waals surface area contributed by atoms with E-state index in [9.17, 15) is 29.8 Å². The predicted molar refractivity (Wildman–Crippen MR) is 195 cm³/mol. The van der Waals surface area contributed by atoms with E-state index in [1.807, 2.05) is 0 Å².